The highest BCUT2D eigenvalue weighted by atomic mass is 19.1. The molecule has 0 aromatic heterocycles. The summed E-state index contributed by atoms with van der Waals surface area (Å²) in [6, 6.07) is 4.62. The highest BCUT2D eigenvalue weighted by Crippen LogP contribution is 2.18. The molecule has 7 heteroatoms. The fraction of sp³-hybridized carbons (Fsp3) is 0.222. The topological polar surface area (TPSA) is 37.4 Å². The lowest BCUT2D eigenvalue weighted by Gasteiger charge is -2.23. The van der Waals surface area contributed by atoms with E-state index in [1.807, 2.05) is 0 Å². The van der Waals surface area contributed by atoms with Gasteiger partial charge in [0.05, 0.1) is 11.1 Å². The standard InChI is InChI=1S/C18H15F4NO2/c1-10(2)9-23(17(24)13-5-3-11(19)7-15(13)21)18(25)14-6-4-12(20)8-16(14)22/h3-8,10H,9H2,1-2H3. The molecule has 0 heterocycles. The maximum Gasteiger partial charge on any atom is 0.263 e. The first-order valence-electron chi connectivity index (χ1n) is 7.47. The van der Waals surface area contributed by atoms with Crippen LogP contribution < -0.4 is 0 Å². The summed E-state index contributed by atoms with van der Waals surface area (Å²) in [5.41, 5.74) is -1.03. The zero-order valence-corrected chi connectivity index (χ0v) is 13.5. The number of benzene rings is 2. The summed E-state index contributed by atoms with van der Waals surface area (Å²) in [6.45, 7) is 3.29. The van der Waals surface area contributed by atoms with Gasteiger partial charge in [0.1, 0.15) is 23.3 Å². The van der Waals surface area contributed by atoms with Crippen molar-refractivity contribution in [2.24, 2.45) is 5.92 Å². The van der Waals surface area contributed by atoms with Gasteiger partial charge in [-0.15, -0.1) is 0 Å². The second-order valence-electron chi connectivity index (χ2n) is 5.86. The van der Waals surface area contributed by atoms with Gasteiger partial charge in [0, 0.05) is 18.7 Å². The summed E-state index contributed by atoms with van der Waals surface area (Å²) in [6.07, 6.45) is 0. The molecule has 0 aliphatic carbocycles. The minimum absolute atomic E-state index is 0.120. The molecule has 2 amide bonds. The molecule has 0 radical (unpaired) electrons. The Labute approximate surface area is 141 Å². The Balaban J connectivity index is 2.44. The van der Waals surface area contributed by atoms with Crippen molar-refractivity contribution >= 4 is 11.8 Å². The molecule has 0 aliphatic rings. The monoisotopic (exact) mass is 353 g/mol. The first kappa shape index (κ1) is 18.6. The largest absolute Gasteiger partial charge is 0.274 e. The molecule has 25 heavy (non-hydrogen) atoms. The van der Waals surface area contributed by atoms with Crippen LogP contribution in [0.5, 0.6) is 0 Å². The Hall–Kier alpha value is -2.70. The van der Waals surface area contributed by atoms with E-state index in [4.69, 9.17) is 0 Å². The molecular weight excluding hydrogens is 338 g/mol. The molecule has 0 N–H and O–H groups in total. The Kier molecular flexibility index (Phi) is 5.56. The Morgan fingerprint density at radius 2 is 1.24 bits per heavy atom. The highest BCUT2D eigenvalue weighted by Gasteiger charge is 2.28. The molecule has 0 atom stereocenters. The van der Waals surface area contributed by atoms with Gasteiger partial charge in [-0.1, -0.05) is 13.8 Å². The van der Waals surface area contributed by atoms with E-state index in [0.717, 1.165) is 24.3 Å². The van der Waals surface area contributed by atoms with Crippen LogP contribution in [0.2, 0.25) is 0 Å². The van der Waals surface area contributed by atoms with Crippen molar-refractivity contribution in [1.82, 2.24) is 4.90 Å². The number of carbonyl (C=O) groups is 2. The maximum atomic E-state index is 13.9. The van der Waals surface area contributed by atoms with E-state index in [1.54, 1.807) is 13.8 Å². The highest BCUT2D eigenvalue weighted by molar-refractivity contribution is 6.10. The minimum atomic E-state index is -1.13. The molecular formula is C18H15F4NO2. The lowest BCUT2D eigenvalue weighted by molar-refractivity contribution is 0.0592. The normalized spacial score (nSPS) is 10.8. The predicted molar refractivity (Wildman–Crippen MR) is 82.9 cm³/mol. The quantitative estimate of drug-likeness (QED) is 0.611. The first-order chi connectivity index (χ1) is 11.7. The summed E-state index contributed by atoms with van der Waals surface area (Å²) < 4.78 is 53.8. The molecule has 2 rings (SSSR count). The van der Waals surface area contributed by atoms with Gasteiger partial charge in [0.2, 0.25) is 0 Å². The fourth-order valence-electron chi connectivity index (χ4n) is 2.24. The third-order valence-electron chi connectivity index (χ3n) is 3.36. The van der Waals surface area contributed by atoms with Gasteiger partial charge in [-0.25, -0.2) is 17.6 Å². The maximum absolute atomic E-state index is 13.9. The van der Waals surface area contributed by atoms with Crippen LogP contribution in [0.4, 0.5) is 17.6 Å². The van der Waals surface area contributed by atoms with Crippen molar-refractivity contribution in [3.05, 3.63) is 70.8 Å². The molecule has 0 saturated heterocycles. The van der Waals surface area contributed by atoms with Crippen LogP contribution in [-0.4, -0.2) is 23.3 Å². The van der Waals surface area contributed by atoms with E-state index in [-0.39, 0.29) is 12.5 Å². The molecule has 0 spiro atoms. The second-order valence-corrected chi connectivity index (χ2v) is 5.86. The van der Waals surface area contributed by atoms with Crippen molar-refractivity contribution in [1.29, 1.82) is 0 Å². The molecule has 0 saturated carbocycles. The fourth-order valence-corrected chi connectivity index (χ4v) is 2.24. The van der Waals surface area contributed by atoms with E-state index in [1.165, 1.54) is 0 Å². The van der Waals surface area contributed by atoms with Crippen molar-refractivity contribution in [3.8, 4) is 0 Å². The van der Waals surface area contributed by atoms with E-state index in [2.05, 4.69) is 0 Å². The number of carbonyl (C=O) groups excluding carboxylic acids is 2. The number of hydrogen-bond acceptors (Lipinski definition) is 2. The Bertz CT molecular complexity index is 757. The van der Waals surface area contributed by atoms with E-state index in [0.29, 0.717) is 17.0 Å². The third-order valence-corrected chi connectivity index (χ3v) is 3.36. The van der Waals surface area contributed by atoms with E-state index < -0.39 is 46.2 Å². The summed E-state index contributed by atoms with van der Waals surface area (Å²) in [4.78, 5) is 25.8. The number of halogens is 4. The smallest absolute Gasteiger partial charge is 0.263 e. The summed E-state index contributed by atoms with van der Waals surface area (Å²) in [5.74, 6) is -6.27. The molecule has 0 fully saturated rings. The van der Waals surface area contributed by atoms with Crippen molar-refractivity contribution in [3.63, 3.8) is 0 Å². The number of hydrogen-bond donors (Lipinski definition) is 0. The van der Waals surface area contributed by atoms with Gasteiger partial charge in [-0.05, 0) is 30.2 Å². The number of nitrogens with zero attached hydrogens (tertiary/aromatic N) is 1. The Morgan fingerprint density at radius 3 is 1.56 bits per heavy atom. The molecule has 132 valence electrons. The lowest BCUT2D eigenvalue weighted by atomic mass is 10.1. The molecule has 0 aliphatic heterocycles. The lowest BCUT2D eigenvalue weighted by Crippen LogP contribution is -2.40. The minimum Gasteiger partial charge on any atom is -0.274 e. The van der Waals surface area contributed by atoms with Crippen LogP contribution in [-0.2, 0) is 0 Å². The van der Waals surface area contributed by atoms with Crippen LogP contribution in [0.15, 0.2) is 36.4 Å². The van der Waals surface area contributed by atoms with E-state index in [9.17, 15) is 27.2 Å². The summed E-state index contributed by atoms with van der Waals surface area (Å²) >= 11 is 0. The number of rotatable bonds is 4. The molecule has 2 aromatic rings. The van der Waals surface area contributed by atoms with Gasteiger partial charge < -0.3 is 0 Å². The van der Waals surface area contributed by atoms with Crippen LogP contribution in [0.3, 0.4) is 0 Å². The number of amides is 2. The first-order valence-corrected chi connectivity index (χ1v) is 7.47. The van der Waals surface area contributed by atoms with Gasteiger partial charge in [-0.3, -0.25) is 14.5 Å². The van der Waals surface area contributed by atoms with Gasteiger partial charge in [0.15, 0.2) is 0 Å². The summed E-state index contributed by atoms with van der Waals surface area (Å²) in [5, 5.41) is 0. The zero-order chi connectivity index (χ0) is 18.7. The Morgan fingerprint density at radius 1 is 0.840 bits per heavy atom. The molecule has 2 aromatic carbocycles. The van der Waals surface area contributed by atoms with Gasteiger partial charge in [0.25, 0.3) is 11.8 Å². The average Bonchev–Trinajstić information content (AvgIpc) is 2.51. The van der Waals surface area contributed by atoms with Crippen LogP contribution >= 0.6 is 0 Å². The predicted octanol–water partition coefficient (Wildman–Crippen LogP) is 4.18. The number of imide groups is 1. The van der Waals surface area contributed by atoms with E-state index >= 15 is 0 Å². The van der Waals surface area contributed by atoms with Gasteiger partial charge >= 0.3 is 0 Å². The van der Waals surface area contributed by atoms with Crippen LogP contribution in [0.1, 0.15) is 34.6 Å². The molecule has 3 nitrogen and oxygen atoms in total. The zero-order valence-electron chi connectivity index (χ0n) is 13.5. The second kappa shape index (κ2) is 7.46. The van der Waals surface area contributed by atoms with Crippen molar-refractivity contribution in [2.45, 2.75) is 13.8 Å². The van der Waals surface area contributed by atoms with Crippen molar-refractivity contribution in [2.75, 3.05) is 6.54 Å². The van der Waals surface area contributed by atoms with Crippen molar-refractivity contribution < 1.29 is 27.2 Å². The third kappa shape index (κ3) is 4.23. The molecule has 0 unspecified atom stereocenters. The summed E-state index contributed by atoms with van der Waals surface area (Å²) in [7, 11) is 0. The molecule has 0 bridgehead atoms. The van der Waals surface area contributed by atoms with Crippen LogP contribution in [0, 0.1) is 29.2 Å². The van der Waals surface area contributed by atoms with Crippen LogP contribution in [0.25, 0.3) is 0 Å². The van der Waals surface area contributed by atoms with Gasteiger partial charge in [-0.2, -0.15) is 0 Å². The SMILES string of the molecule is CC(C)CN(C(=O)c1ccc(F)cc1F)C(=O)c1ccc(F)cc1F. The average molecular weight is 353 g/mol.